The molecule has 1 heterocycles. The van der Waals surface area contributed by atoms with Crippen LogP contribution in [0.2, 0.25) is 0 Å². The van der Waals surface area contributed by atoms with Gasteiger partial charge in [-0.1, -0.05) is 18.2 Å². The molecule has 0 unspecified atom stereocenters. The van der Waals surface area contributed by atoms with Crippen molar-refractivity contribution in [3.05, 3.63) is 36.0 Å². The number of nitrogens with one attached hydrogen (secondary N) is 3. The van der Waals surface area contributed by atoms with E-state index in [9.17, 15) is 4.79 Å². The van der Waals surface area contributed by atoms with E-state index in [4.69, 9.17) is 0 Å². The van der Waals surface area contributed by atoms with Crippen molar-refractivity contribution in [2.45, 2.75) is 0 Å². The van der Waals surface area contributed by atoms with Crippen molar-refractivity contribution in [1.29, 1.82) is 0 Å². The van der Waals surface area contributed by atoms with Crippen LogP contribution in [0.4, 0.5) is 0 Å². The Kier molecular flexibility index (Phi) is 3.44. The standard InChI is InChI=1S/C13H17N3O/c1-16(2)8-7-14-13(17)11-9-15-12-6-4-3-5-10(11)12/h3-6,9,15H,7-8H2,1-2H3,(H,14,17)/p+1. The number of quaternary nitrogens is 1. The summed E-state index contributed by atoms with van der Waals surface area (Å²) in [5.41, 5.74) is 1.71. The SMILES string of the molecule is C[NH+](C)CCNC(=O)c1c[nH]c2ccccc12. The Balaban J connectivity index is 2.09. The number of H-pyrrole nitrogens is 1. The molecular formula is C13H18N3O+. The number of carbonyl (C=O) groups is 1. The van der Waals surface area contributed by atoms with E-state index >= 15 is 0 Å². The fourth-order valence-corrected chi connectivity index (χ4v) is 1.78. The molecule has 4 nitrogen and oxygen atoms in total. The van der Waals surface area contributed by atoms with Crippen molar-refractivity contribution in [2.75, 3.05) is 27.2 Å². The molecule has 1 aromatic heterocycles. The predicted molar refractivity (Wildman–Crippen MR) is 68.3 cm³/mol. The van der Waals surface area contributed by atoms with Gasteiger partial charge in [-0.25, -0.2) is 0 Å². The lowest BCUT2D eigenvalue weighted by molar-refractivity contribution is -0.856. The molecule has 0 saturated carbocycles. The number of hydrogen-bond donors (Lipinski definition) is 3. The van der Waals surface area contributed by atoms with E-state index in [0.29, 0.717) is 12.1 Å². The third kappa shape index (κ3) is 2.65. The minimum absolute atomic E-state index is 0.0105. The Hall–Kier alpha value is -1.81. The maximum Gasteiger partial charge on any atom is 0.253 e. The van der Waals surface area contributed by atoms with Crippen LogP contribution in [-0.2, 0) is 0 Å². The predicted octanol–water partition coefficient (Wildman–Crippen LogP) is 0.0422. The summed E-state index contributed by atoms with van der Waals surface area (Å²) in [5.74, 6) is -0.0105. The molecule has 0 aliphatic rings. The van der Waals surface area contributed by atoms with Gasteiger partial charge in [-0.3, -0.25) is 4.79 Å². The van der Waals surface area contributed by atoms with Crippen molar-refractivity contribution in [3.8, 4) is 0 Å². The molecule has 90 valence electrons. The molecule has 0 spiro atoms. The van der Waals surface area contributed by atoms with Crippen molar-refractivity contribution in [3.63, 3.8) is 0 Å². The number of likely N-dealkylation sites (N-methyl/N-ethyl adjacent to an activating group) is 1. The van der Waals surface area contributed by atoms with Gasteiger partial charge in [0.2, 0.25) is 0 Å². The summed E-state index contributed by atoms with van der Waals surface area (Å²) < 4.78 is 0. The van der Waals surface area contributed by atoms with Crippen LogP contribution in [0.25, 0.3) is 10.9 Å². The summed E-state index contributed by atoms with van der Waals surface area (Å²) in [6, 6.07) is 7.82. The van der Waals surface area contributed by atoms with E-state index in [1.54, 1.807) is 6.20 Å². The largest absolute Gasteiger partial charge is 0.360 e. The van der Waals surface area contributed by atoms with E-state index in [1.807, 2.05) is 24.3 Å². The highest BCUT2D eigenvalue weighted by Crippen LogP contribution is 2.17. The molecule has 0 aliphatic carbocycles. The lowest BCUT2D eigenvalue weighted by Gasteiger charge is -2.07. The molecule has 0 bridgehead atoms. The van der Waals surface area contributed by atoms with Crippen LogP contribution in [0.5, 0.6) is 0 Å². The molecule has 0 atom stereocenters. The van der Waals surface area contributed by atoms with E-state index < -0.39 is 0 Å². The second kappa shape index (κ2) is 5.01. The third-order valence-corrected chi connectivity index (χ3v) is 2.74. The first-order valence-electron chi connectivity index (χ1n) is 5.82. The molecule has 2 rings (SSSR count). The highest BCUT2D eigenvalue weighted by atomic mass is 16.1. The molecular weight excluding hydrogens is 214 g/mol. The molecule has 4 heteroatoms. The lowest BCUT2D eigenvalue weighted by Crippen LogP contribution is -3.06. The zero-order chi connectivity index (χ0) is 12.3. The first kappa shape index (κ1) is 11.7. The quantitative estimate of drug-likeness (QED) is 0.685. The summed E-state index contributed by atoms with van der Waals surface area (Å²) in [7, 11) is 4.13. The summed E-state index contributed by atoms with van der Waals surface area (Å²) in [4.78, 5) is 16.4. The van der Waals surface area contributed by atoms with Crippen LogP contribution in [-0.4, -0.2) is 38.1 Å². The van der Waals surface area contributed by atoms with Gasteiger partial charge in [0.15, 0.2) is 0 Å². The zero-order valence-corrected chi connectivity index (χ0v) is 10.2. The Morgan fingerprint density at radius 2 is 2.12 bits per heavy atom. The van der Waals surface area contributed by atoms with E-state index in [1.165, 1.54) is 4.90 Å². The van der Waals surface area contributed by atoms with E-state index in [-0.39, 0.29) is 5.91 Å². The Bertz CT molecular complexity index is 516. The van der Waals surface area contributed by atoms with Crippen LogP contribution in [0.1, 0.15) is 10.4 Å². The molecule has 1 amide bonds. The lowest BCUT2D eigenvalue weighted by atomic mass is 10.1. The summed E-state index contributed by atoms with van der Waals surface area (Å²) in [5, 5.41) is 3.90. The molecule has 0 radical (unpaired) electrons. The van der Waals surface area contributed by atoms with Gasteiger partial charge in [-0.15, -0.1) is 0 Å². The van der Waals surface area contributed by atoms with Crippen LogP contribution in [0.15, 0.2) is 30.5 Å². The monoisotopic (exact) mass is 232 g/mol. The molecule has 0 aliphatic heterocycles. The Morgan fingerprint density at radius 1 is 1.35 bits per heavy atom. The van der Waals surface area contributed by atoms with Gasteiger partial charge < -0.3 is 15.2 Å². The summed E-state index contributed by atoms with van der Waals surface area (Å²) >= 11 is 0. The van der Waals surface area contributed by atoms with Gasteiger partial charge >= 0.3 is 0 Å². The topological polar surface area (TPSA) is 49.3 Å². The van der Waals surface area contributed by atoms with Crippen molar-refractivity contribution >= 4 is 16.8 Å². The van der Waals surface area contributed by atoms with Gasteiger partial charge in [-0.2, -0.15) is 0 Å². The van der Waals surface area contributed by atoms with Gasteiger partial charge in [0, 0.05) is 17.1 Å². The number of benzene rings is 1. The van der Waals surface area contributed by atoms with E-state index in [2.05, 4.69) is 24.4 Å². The number of amides is 1. The molecule has 17 heavy (non-hydrogen) atoms. The smallest absolute Gasteiger partial charge is 0.253 e. The first-order chi connectivity index (χ1) is 8.18. The highest BCUT2D eigenvalue weighted by Gasteiger charge is 2.10. The molecule has 0 fully saturated rings. The molecule has 3 N–H and O–H groups in total. The van der Waals surface area contributed by atoms with Crippen LogP contribution in [0, 0.1) is 0 Å². The van der Waals surface area contributed by atoms with Gasteiger partial charge in [-0.05, 0) is 6.07 Å². The summed E-state index contributed by atoms with van der Waals surface area (Å²) in [6.45, 7) is 1.62. The number of aromatic nitrogens is 1. The zero-order valence-electron chi connectivity index (χ0n) is 10.2. The van der Waals surface area contributed by atoms with Crippen LogP contribution < -0.4 is 10.2 Å². The minimum atomic E-state index is -0.0105. The second-order valence-corrected chi connectivity index (χ2v) is 4.46. The summed E-state index contributed by atoms with van der Waals surface area (Å²) in [6.07, 6.45) is 1.77. The molecule has 2 aromatic rings. The Labute approximate surface area is 101 Å². The first-order valence-corrected chi connectivity index (χ1v) is 5.82. The number of fused-ring (bicyclic) bond motifs is 1. The number of hydrogen-bond acceptors (Lipinski definition) is 1. The minimum Gasteiger partial charge on any atom is -0.360 e. The van der Waals surface area contributed by atoms with Crippen LogP contribution >= 0.6 is 0 Å². The molecule has 1 aromatic carbocycles. The number of aromatic amines is 1. The van der Waals surface area contributed by atoms with Crippen molar-refractivity contribution < 1.29 is 9.69 Å². The normalized spacial score (nSPS) is 11.0. The van der Waals surface area contributed by atoms with Gasteiger partial charge in [0.25, 0.3) is 5.91 Å². The van der Waals surface area contributed by atoms with Gasteiger partial charge in [0.1, 0.15) is 0 Å². The van der Waals surface area contributed by atoms with Crippen LogP contribution in [0.3, 0.4) is 0 Å². The number of rotatable bonds is 4. The highest BCUT2D eigenvalue weighted by molar-refractivity contribution is 6.06. The van der Waals surface area contributed by atoms with Crippen molar-refractivity contribution in [1.82, 2.24) is 10.3 Å². The fraction of sp³-hybridized carbons (Fsp3) is 0.308. The van der Waals surface area contributed by atoms with E-state index in [0.717, 1.165) is 17.4 Å². The van der Waals surface area contributed by atoms with Crippen molar-refractivity contribution in [2.24, 2.45) is 0 Å². The number of para-hydroxylation sites is 1. The maximum atomic E-state index is 12.0. The second-order valence-electron chi connectivity index (χ2n) is 4.46. The average molecular weight is 232 g/mol. The maximum absolute atomic E-state index is 12.0. The third-order valence-electron chi connectivity index (χ3n) is 2.74. The molecule has 0 saturated heterocycles. The number of carbonyl (C=O) groups excluding carboxylic acids is 1. The Morgan fingerprint density at radius 3 is 2.88 bits per heavy atom. The average Bonchev–Trinajstić information content (AvgIpc) is 2.72. The fourth-order valence-electron chi connectivity index (χ4n) is 1.78. The van der Waals surface area contributed by atoms with Gasteiger partial charge in [0.05, 0.1) is 32.7 Å².